The third kappa shape index (κ3) is 5.68. The number of hydrogen-bond donors (Lipinski definition) is 2. The van der Waals surface area contributed by atoms with Crippen LogP contribution in [0.1, 0.15) is 25.3 Å². The molecule has 0 aliphatic rings. The number of hydrogen-bond acceptors (Lipinski definition) is 3. The van der Waals surface area contributed by atoms with E-state index in [2.05, 4.69) is 17.6 Å². The fourth-order valence-corrected chi connectivity index (χ4v) is 1.50. The smallest absolute Gasteiger partial charge is 0.234 e. The lowest BCUT2D eigenvalue weighted by Gasteiger charge is -2.08. The van der Waals surface area contributed by atoms with E-state index in [4.69, 9.17) is 4.74 Å². The van der Waals surface area contributed by atoms with Crippen molar-refractivity contribution in [2.45, 2.75) is 26.3 Å². The molecular formula is C14H22N2O2. The lowest BCUT2D eigenvalue weighted by molar-refractivity contribution is -0.120. The summed E-state index contributed by atoms with van der Waals surface area (Å²) in [6, 6.07) is 7.83. The van der Waals surface area contributed by atoms with Crippen LogP contribution in [0.2, 0.25) is 0 Å². The van der Waals surface area contributed by atoms with Crippen LogP contribution in [-0.4, -0.2) is 26.1 Å². The zero-order valence-corrected chi connectivity index (χ0v) is 11.2. The van der Waals surface area contributed by atoms with Crippen molar-refractivity contribution in [3.63, 3.8) is 0 Å². The van der Waals surface area contributed by atoms with Gasteiger partial charge in [0.2, 0.25) is 5.91 Å². The van der Waals surface area contributed by atoms with Crippen LogP contribution in [0.4, 0.5) is 0 Å². The molecule has 0 aromatic heterocycles. The topological polar surface area (TPSA) is 50.4 Å². The van der Waals surface area contributed by atoms with Crippen LogP contribution in [0.25, 0.3) is 0 Å². The van der Waals surface area contributed by atoms with Gasteiger partial charge in [-0.15, -0.1) is 0 Å². The molecule has 4 nitrogen and oxygen atoms in total. The molecule has 100 valence electrons. The van der Waals surface area contributed by atoms with Gasteiger partial charge in [0, 0.05) is 6.54 Å². The van der Waals surface area contributed by atoms with E-state index in [1.807, 2.05) is 24.3 Å². The minimum Gasteiger partial charge on any atom is -0.494 e. The van der Waals surface area contributed by atoms with E-state index in [0.717, 1.165) is 30.8 Å². The molecule has 18 heavy (non-hydrogen) atoms. The van der Waals surface area contributed by atoms with Crippen molar-refractivity contribution in [3.05, 3.63) is 29.8 Å². The summed E-state index contributed by atoms with van der Waals surface area (Å²) in [6.45, 7) is 3.75. The van der Waals surface area contributed by atoms with Gasteiger partial charge in [0.1, 0.15) is 5.75 Å². The molecule has 1 rings (SSSR count). The summed E-state index contributed by atoms with van der Waals surface area (Å²) in [5.74, 6) is 0.860. The third-order valence-electron chi connectivity index (χ3n) is 2.49. The first kappa shape index (κ1) is 14.5. The van der Waals surface area contributed by atoms with Crippen molar-refractivity contribution in [1.29, 1.82) is 0 Å². The van der Waals surface area contributed by atoms with Crippen LogP contribution in [0.5, 0.6) is 5.75 Å². The zero-order chi connectivity index (χ0) is 13.2. The molecule has 0 aliphatic carbocycles. The Morgan fingerprint density at radius 3 is 2.94 bits per heavy atom. The minimum absolute atomic E-state index is 0.00481. The van der Waals surface area contributed by atoms with Crippen molar-refractivity contribution in [2.75, 3.05) is 20.2 Å². The Morgan fingerprint density at radius 2 is 2.22 bits per heavy atom. The van der Waals surface area contributed by atoms with Crippen molar-refractivity contribution in [2.24, 2.45) is 0 Å². The predicted octanol–water partition coefficient (Wildman–Crippen LogP) is 1.70. The Labute approximate surface area is 109 Å². The molecule has 0 radical (unpaired) electrons. The first-order chi connectivity index (χ1) is 8.76. The summed E-state index contributed by atoms with van der Waals surface area (Å²) in [5.41, 5.74) is 1.05. The molecule has 1 aromatic carbocycles. The second kappa shape index (κ2) is 8.53. The lowest BCUT2D eigenvalue weighted by atomic mass is 10.2. The maximum absolute atomic E-state index is 11.3. The van der Waals surface area contributed by atoms with E-state index in [1.165, 1.54) is 0 Å². The summed E-state index contributed by atoms with van der Waals surface area (Å²) in [4.78, 5) is 11.3. The van der Waals surface area contributed by atoms with E-state index in [-0.39, 0.29) is 5.91 Å². The molecule has 0 saturated carbocycles. The van der Waals surface area contributed by atoms with E-state index in [1.54, 1.807) is 7.05 Å². The molecule has 0 aliphatic heterocycles. The average molecular weight is 250 g/mol. The standard InChI is InChI=1S/C14H22N2O2/c1-3-4-8-18-13-7-5-6-12(9-13)10-16-14(17)11-15-2/h5-7,9,15H,3-4,8,10-11H2,1-2H3,(H,16,17). The Bertz CT molecular complexity index is 367. The minimum atomic E-state index is -0.00481. The largest absolute Gasteiger partial charge is 0.494 e. The fourth-order valence-electron chi connectivity index (χ4n) is 1.50. The second-order valence-corrected chi connectivity index (χ2v) is 4.16. The molecule has 0 bridgehead atoms. The van der Waals surface area contributed by atoms with Gasteiger partial charge < -0.3 is 15.4 Å². The van der Waals surface area contributed by atoms with Gasteiger partial charge >= 0.3 is 0 Å². The van der Waals surface area contributed by atoms with E-state index >= 15 is 0 Å². The van der Waals surface area contributed by atoms with Gasteiger partial charge in [0.15, 0.2) is 0 Å². The fraction of sp³-hybridized carbons (Fsp3) is 0.500. The van der Waals surface area contributed by atoms with Crippen molar-refractivity contribution >= 4 is 5.91 Å². The van der Waals surface area contributed by atoms with Crippen molar-refractivity contribution in [1.82, 2.24) is 10.6 Å². The number of unbranched alkanes of at least 4 members (excludes halogenated alkanes) is 1. The number of amides is 1. The second-order valence-electron chi connectivity index (χ2n) is 4.16. The van der Waals surface area contributed by atoms with Crippen molar-refractivity contribution in [3.8, 4) is 5.75 Å². The Kier molecular flexibility index (Phi) is 6.87. The number of carbonyl (C=O) groups is 1. The number of likely N-dealkylation sites (N-methyl/N-ethyl adjacent to an activating group) is 1. The van der Waals surface area contributed by atoms with Gasteiger partial charge in [-0.3, -0.25) is 4.79 Å². The zero-order valence-electron chi connectivity index (χ0n) is 11.2. The molecule has 4 heteroatoms. The molecule has 1 aromatic rings. The summed E-state index contributed by atoms with van der Waals surface area (Å²) in [5, 5.41) is 5.65. The first-order valence-corrected chi connectivity index (χ1v) is 6.39. The van der Waals surface area contributed by atoms with Crippen LogP contribution in [0.3, 0.4) is 0 Å². The average Bonchev–Trinajstić information content (AvgIpc) is 2.38. The van der Waals surface area contributed by atoms with E-state index in [0.29, 0.717) is 13.1 Å². The van der Waals surface area contributed by atoms with Gasteiger partial charge in [-0.25, -0.2) is 0 Å². The Morgan fingerprint density at radius 1 is 1.39 bits per heavy atom. The maximum atomic E-state index is 11.3. The Hall–Kier alpha value is -1.55. The highest BCUT2D eigenvalue weighted by atomic mass is 16.5. The number of benzene rings is 1. The number of nitrogens with one attached hydrogen (secondary N) is 2. The van der Waals surface area contributed by atoms with E-state index in [9.17, 15) is 4.79 Å². The molecular weight excluding hydrogens is 228 g/mol. The highest BCUT2D eigenvalue weighted by Gasteiger charge is 2.00. The van der Waals surface area contributed by atoms with Crippen LogP contribution in [-0.2, 0) is 11.3 Å². The molecule has 0 unspecified atom stereocenters. The normalized spacial score (nSPS) is 10.1. The van der Waals surface area contributed by atoms with Crippen LogP contribution in [0.15, 0.2) is 24.3 Å². The molecule has 2 N–H and O–H groups in total. The number of rotatable bonds is 8. The van der Waals surface area contributed by atoms with Gasteiger partial charge in [-0.2, -0.15) is 0 Å². The highest BCUT2D eigenvalue weighted by Crippen LogP contribution is 2.13. The van der Waals surface area contributed by atoms with Gasteiger partial charge in [-0.1, -0.05) is 25.5 Å². The monoisotopic (exact) mass is 250 g/mol. The number of carbonyl (C=O) groups excluding carboxylic acids is 1. The molecule has 0 fully saturated rings. The van der Waals surface area contributed by atoms with Crippen LogP contribution in [0, 0.1) is 0 Å². The summed E-state index contributed by atoms with van der Waals surface area (Å²) >= 11 is 0. The number of ether oxygens (including phenoxy) is 1. The van der Waals surface area contributed by atoms with Crippen LogP contribution < -0.4 is 15.4 Å². The lowest BCUT2D eigenvalue weighted by Crippen LogP contribution is -2.31. The molecule has 1 amide bonds. The van der Waals surface area contributed by atoms with E-state index < -0.39 is 0 Å². The van der Waals surface area contributed by atoms with Gasteiger partial charge in [0.05, 0.1) is 13.2 Å². The van der Waals surface area contributed by atoms with Crippen molar-refractivity contribution < 1.29 is 9.53 Å². The molecule has 0 atom stereocenters. The first-order valence-electron chi connectivity index (χ1n) is 6.39. The highest BCUT2D eigenvalue weighted by molar-refractivity contribution is 5.77. The third-order valence-corrected chi connectivity index (χ3v) is 2.49. The molecule has 0 heterocycles. The molecule has 0 saturated heterocycles. The SMILES string of the molecule is CCCCOc1cccc(CNC(=O)CNC)c1. The summed E-state index contributed by atoms with van der Waals surface area (Å²) in [6.07, 6.45) is 2.18. The summed E-state index contributed by atoms with van der Waals surface area (Å²) < 4.78 is 5.62. The quantitative estimate of drug-likeness (QED) is 0.690. The predicted molar refractivity (Wildman–Crippen MR) is 72.6 cm³/mol. The van der Waals surface area contributed by atoms with Gasteiger partial charge in [-0.05, 0) is 31.2 Å². The van der Waals surface area contributed by atoms with Crippen LogP contribution >= 0.6 is 0 Å². The maximum Gasteiger partial charge on any atom is 0.234 e. The summed E-state index contributed by atoms with van der Waals surface area (Å²) in [7, 11) is 1.75. The Balaban J connectivity index is 2.41. The van der Waals surface area contributed by atoms with Gasteiger partial charge in [0.25, 0.3) is 0 Å². The molecule has 0 spiro atoms.